The molecule has 0 heterocycles. The molecule has 0 aromatic rings. The van der Waals surface area contributed by atoms with E-state index in [9.17, 15) is 16.8 Å². The summed E-state index contributed by atoms with van der Waals surface area (Å²) in [5.41, 5.74) is 0. The van der Waals surface area contributed by atoms with Crippen LogP contribution in [0, 0.1) is 11.8 Å². The molecule has 4 atom stereocenters. The first kappa shape index (κ1) is 17.2. The van der Waals surface area contributed by atoms with Crippen LogP contribution in [0.5, 0.6) is 0 Å². The topological polar surface area (TPSA) is 68.3 Å². The Bertz CT molecular complexity index is 716. The Hall–Kier alpha value is -1.14. The van der Waals surface area contributed by atoms with E-state index in [1.165, 1.54) is 26.0 Å². The van der Waals surface area contributed by atoms with E-state index in [1.54, 1.807) is 50.3 Å². The van der Waals surface area contributed by atoms with Crippen LogP contribution >= 0.6 is 0 Å². The molecule has 0 amide bonds. The molecule has 6 heteroatoms. The molecule has 0 radical (unpaired) electrons. The molecule has 2 aliphatic carbocycles. The third-order valence-electron chi connectivity index (χ3n) is 5.05. The number of rotatable bonds is 3. The van der Waals surface area contributed by atoms with E-state index < -0.39 is 39.1 Å². The van der Waals surface area contributed by atoms with E-state index >= 15 is 0 Å². The lowest BCUT2D eigenvalue weighted by molar-refractivity contribution is 0.500. The van der Waals surface area contributed by atoms with E-state index in [1.807, 2.05) is 0 Å². The third-order valence-corrected chi connectivity index (χ3v) is 12.7. The molecule has 0 fully saturated rings. The highest BCUT2D eigenvalue weighted by Gasteiger charge is 2.57. The van der Waals surface area contributed by atoms with Gasteiger partial charge in [-0.05, 0) is 25.7 Å². The number of allylic oxidation sites excluding steroid dienone is 6. The first-order valence-corrected chi connectivity index (χ1v) is 10.7. The van der Waals surface area contributed by atoms with Crippen molar-refractivity contribution in [1.29, 1.82) is 0 Å². The monoisotopic (exact) mass is 342 g/mol. The molecule has 0 spiro atoms. The summed E-state index contributed by atoms with van der Waals surface area (Å²) in [5.74, 6) is -0.835. The molecule has 22 heavy (non-hydrogen) atoms. The standard InChI is InChI=1S/C16H22O4S2/c1-13-9-5-7-11-15(13,3)21(17,18)22(19,20)16(4)12-8-6-10-14(16)2/h5-14H,1-4H3. The molecule has 122 valence electrons. The van der Waals surface area contributed by atoms with Gasteiger partial charge in [0, 0.05) is 0 Å². The van der Waals surface area contributed by atoms with Crippen molar-refractivity contribution < 1.29 is 16.8 Å². The Morgan fingerprint density at radius 2 is 1.00 bits per heavy atom. The largest absolute Gasteiger partial charge is 0.263 e. The highest BCUT2D eigenvalue weighted by Crippen LogP contribution is 2.43. The molecule has 0 aromatic heterocycles. The molecule has 0 bridgehead atoms. The van der Waals surface area contributed by atoms with Gasteiger partial charge in [-0.2, -0.15) is 0 Å². The van der Waals surface area contributed by atoms with Crippen LogP contribution in [0.25, 0.3) is 0 Å². The Morgan fingerprint density at radius 1 is 0.682 bits per heavy atom. The van der Waals surface area contributed by atoms with Crippen molar-refractivity contribution in [3.8, 4) is 0 Å². The Balaban J connectivity index is 2.63. The van der Waals surface area contributed by atoms with E-state index in [0.717, 1.165) is 0 Å². The lowest BCUT2D eigenvalue weighted by Crippen LogP contribution is -2.52. The molecule has 2 rings (SSSR count). The van der Waals surface area contributed by atoms with Gasteiger partial charge in [0.1, 0.15) is 9.49 Å². The summed E-state index contributed by atoms with van der Waals surface area (Å²) in [6, 6.07) is 0. The molecule has 0 aliphatic heterocycles. The van der Waals surface area contributed by atoms with E-state index in [0.29, 0.717) is 0 Å². The van der Waals surface area contributed by atoms with Gasteiger partial charge in [0.25, 0.3) is 17.7 Å². The maximum atomic E-state index is 13.1. The predicted octanol–water partition coefficient (Wildman–Crippen LogP) is 2.77. The second-order valence-corrected chi connectivity index (χ2v) is 12.6. The average molecular weight is 342 g/mol. The maximum absolute atomic E-state index is 13.1. The van der Waals surface area contributed by atoms with Gasteiger partial charge < -0.3 is 0 Å². The summed E-state index contributed by atoms with van der Waals surface area (Å²) in [6.45, 7) is 6.38. The van der Waals surface area contributed by atoms with Crippen LogP contribution in [-0.2, 0) is 17.7 Å². The van der Waals surface area contributed by atoms with Gasteiger partial charge in [-0.1, -0.05) is 62.5 Å². The van der Waals surface area contributed by atoms with Crippen LogP contribution in [0.2, 0.25) is 0 Å². The van der Waals surface area contributed by atoms with Crippen LogP contribution in [-0.4, -0.2) is 26.3 Å². The average Bonchev–Trinajstić information content (AvgIpc) is 2.45. The van der Waals surface area contributed by atoms with Crippen molar-refractivity contribution in [3.63, 3.8) is 0 Å². The van der Waals surface area contributed by atoms with Crippen LogP contribution in [0.1, 0.15) is 27.7 Å². The lowest BCUT2D eigenvalue weighted by atomic mass is 9.91. The highest BCUT2D eigenvalue weighted by atomic mass is 33.2. The van der Waals surface area contributed by atoms with Crippen molar-refractivity contribution in [3.05, 3.63) is 48.6 Å². The van der Waals surface area contributed by atoms with Crippen molar-refractivity contribution in [2.45, 2.75) is 37.2 Å². The molecular weight excluding hydrogens is 320 g/mol. The summed E-state index contributed by atoms with van der Waals surface area (Å²) in [4.78, 5) is 0. The Labute approximate surface area is 132 Å². The van der Waals surface area contributed by atoms with Crippen molar-refractivity contribution >= 4 is 17.7 Å². The molecule has 0 saturated heterocycles. The van der Waals surface area contributed by atoms with Crippen LogP contribution < -0.4 is 0 Å². The second-order valence-electron chi connectivity index (χ2n) is 6.34. The van der Waals surface area contributed by atoms with Crippen LogP contribution in [0.4, 0.5) is 0 Å². The number of hydrogen-bond acceptors (Lipinski definition) is 4. The summed E-state index contributed by atoms with van der Waals surface area (Å²) >= 11 is 0. The van der Waals surface area contributed by atoms with Gasteiger partial charge in [0.15, 0.2) is 0 Å². The van der Waals surface area contributed by atoms with E-state index in [4.69, 9.17) is 0 Å². The second kappa shape index (κ2) is 5.20. The molecule has 2 aliphatic rings. The minimum Gasteiger partial charge on any atom is -0.212 e. The van der Waals surface area contributed by atoms with Crippen molar-refractivity contribution in [2.75, 3.05) is 0 Å². The molecule has 0 aromatic carbocycles. The SMILES string of the molecule is CC1C=CC=CC1(C)S(=O)(=O)S(=O)(=O)C1(C)C=CC=CC1C. The highest BCUT2D eigenvalue weighted by molar-refractivity contribution is 8.68. The fourth-order valence-electron chi connectivity index (χ4n) is 2.74. The molecular formula is C16H22O4S2. The smallest absolute Gasteiger partial charge is 0.212 e. The van der Waals surface area contributed by atoms with Gasteiger partial charge in [-0.15, -0.1) is 0 Å². The van der Waals surface area contributed by atoms with Gasteiger partial charge in [-0.3, -0.25) is 0 Å². The van der Waals surface area contributed by atoms with Crippen LogP contribution in [0.15, 0.2) is 48.6 Å². The molecule has 0 saturated carbocycles. The first-order chi connectivity index (χ1) is 10.0. The zero-order valence-electron chi connectivity index (χ0n) is 13.2. The zero-order valence-corrected chi connectivity index (χ0v) is 14.9. The molecule has 4 nitrogen and oxygen atoms in total. The third kappa shape index (κ3) is 2.07. The fourth-order valence-corrected chi connectivity index (χ4v) is 9.32. The van der Waals surface area contributed by atoms with Crippen LogP contribution in [0.3, 0.4) is 0 Å². The summed E-state index contributed by atoms with van der Waals surface area (Å²) in [6.07, 6.45) is 13.0. The minimum atomic E-state index is -4.45. The maximum Gasteiger partial charge on any atom is 0.263 e. The molecule has 4 unspecified atom stereocenters. The van der Waals surface area contributed by atoms with Gasteiger partial charge in [0.05, 0.1) is 0 Å². The Kier molecular flexibility index (Phi) is 4.07. The summed E-state index contributed by atoms with van der Waals surface area (Å²) in [5, 5.41) is 0. The predicted molar refractivity (Wildman–Crippen MR) is 89.5 cm³/mol. The molecule has 0 N–H and O–H groups in total. The summed E-state index contributed by atoms with van der Waals surface area (Å²) < 4.78 is 49.3. The fraction of sp³-hybridized carbons (Fsp3) is 0.500. The van der Waals surface area contributed by atoms with Gasteiger partial charge >= 0.3 is 0 Å². The van der Waals surface area contributed by atoms with E-state index in [-0.39, 0.29) is 0 Å². The van der Waals surface area contributed by atoms with Crippen molar-refractivity contribution in [2.24, 2.45) is 11.8 Å². The van der Waals surface area contributed by atoms with Crippen molar-refractivity contribution in [1.82, 2.24) is 0 Å². The first-order valence-electron chi connectivity index (χ1n) is 7.22. The number of hydrogen-bond donors (Lipinski definition) is 0. The summed E-state index contributed by atoms with van der Waals surface area (Å²) in [7, 11) is -8.90. The minimum absolute atomic E-state index is 0.417. The van der Waals surface area contributed by atoms with Gasteiger partial charge in [0.2, 0.25) is 0 Å². The Morgan fingerprint density at radius 3 is 1.27 bits per heavy atom. The quantitative estimate of drug-likeness (QED) is 0.740. The lowest BCUT2D eigenvalue weighted by Gasteiger charge is -2.38. The normalized spacial score (nSPS) is 38.4. The van der Waals surface area contributed by atoms with Gasteiger partial charge in [-0.25, -0.2) is 16.8 Å². The van der Waals surface area contributed by atoms with E-state index in [2.05, 4.69) is 0 Å². The zero-order chi connectivity index (χ0) is 16.8.